The Bertz CT molecular complexity index is 1360. The summed E-state index contributed by atoms with van der Waals surface area (Å²) in [4.78, 5) is 29.1. The predicted octanol–water partition coefficient (Wildman–Crippen LogP) is 4.26. The molecule has 0 aliphatic carbocycles. The zero-order chi connectivity index (χ0) is 22.8. The van der Waals surface area contributed by atoms with Crippen LogP contribution in [0.4, 0.5) is 22.0 Å². The lowest BCUT2D eigenvalue weighted by atomic mass is 9.97. The molecule has 3 aromatic carbocycles. The maximum absolute atomic E-state index is 12.6. The Morgan fingerprint density at radius 1 is 1.00 bits per heavy atom. The summed E-state index contributed by atoms with van der Waals surface area (Å²) < 4.78 is 6.82. The maximum Gasteiger partial charge on any atom is 0.349 e. The van der Waals surface area contributed by atoms with Crippen molar-refractivity contribution >= 4 is 34.1 Å². The second kappa shape index (κ2) is 8.66. The molecule has 1 aliphatic heterocycles. The standard InChI is InChI=1S/C25H23N5O3/c1-33-20-12-10-19(11-13-20)28-24(31)27-18-8-6-16(7-9-18)17-14-26-23-21-4-2-3-5-22(21)29-25(32)30(23)15-17/h2-13,17,26H,14-15H2,1H3,(H2,27,28,31). The van der Waals surface area contributed by atoms with E-state index in [1.807, 2.05) is 48.5 Å². The van der Waals surface area contributed by atoms with E-state index in [2.05, 4.69) is 20.9 Å². The third kappa shape index (κ3) is 4.23. The highest BCUT2D eigenvalue weighted by atomic mass is 16.5. The Labute approximate surface area is 190 Å². The number of ether oxygens (including phenoxy) is 1. The number of carbonyl (C=O) groups is 1. The molecule has 1 aromatic heterocycles. The molecule has 8 nitrogen and oxygen atoms in total. The molecule has 2 heterocycles. The Morgan fingerprint density at radius 3 is 2.36 bits per heavy atom. The summed E-state index contributed by atoms with van der Waals surface area (Å²) in [7, 11) is 1.60. The zero-order valence-electron chi connectivity index (χ0n) is 18.0. The molecular weight excluding hydrogens is 418 g/mol. The number of benzene rings is 3. The SMILES string of the molecule is COc1ccc(NC(=O)Nc2ccc(C3CNc4c5ccccc5nc(=O)n4C3)cc2)cc1. The number of nitrogens with zero attached hydrogens (tertiary/aromatic N) is 2. The summed E-state index contributed by atoms with van der Waals surface area (Å²) in [6.07, 6.45) is 0. The van der Waals surface area contributed by atoms with Crippen LogP contribution in [0.1, 0.15) is 11.5 Å². The molecule has 4 aromatic rings. The topological polar surface area (TPSA) is 97.3 Å². The van der Waals surface area contributed by atoms with Crippen molar-refractivity contribution in [3.63, 3.8) is 0 Å². The lowest BCUT2D eigenvalue weighted by molar-refractivity contribution is 0.262. The monoisotopic (exact) mass is 441 g/mol. The minimum Gasteiger partial charge on any atom is -0.497 e. The quantitative estimate of drug-likeness (QED) is 0.440. The Morgan fingerprint density at radius 2 is 1.67 bits per heavy atom. The molecule has 1 aliphatic rings. The Hall–Kier alpha value is -4.33. The van der Waals surface area contributed by atoms with Crippen molar-refractivity contribution in [3.05, 3.63) is 88.8 Å². The number of carbonyl (C=O) groups excluding carboxylic acids is 1. The van der Waals surface area contributed by atoms with E-state index in [1.165, 1.54) is 0 Å². The normalized spacial score (nSPS) is 14.8. The van der Waals surface area contributed by atoms with Gasteiger partial charge in [0.25, 0.3) is 0 Å². The first-order valence-electron chi connectivity index (χ1n) is 10.7. The van der Waals surface area contributed by atoms with Gasteiger partial charge in [0.15, 0.2) is 0 Å². The Kier molecular flexibility index (Phi) is 5.40. The van der Waals surface area contributed by atoms with Crippen LogP contribution in [-0.2, 0) is 6.54 Å². The molecule has 33 heavy (non-hydrogen) atoms. The van der Waals surface area contributed by atoms with Gasteiger partial charge in [-0.15, -0.1) is 0 Å². The second-order valence-corrected chi connectivity index (χ2v) is 7.88. The van der Waals surface area contributed by atoms with Crippen LogP contribution in [0, 0.1) is 0 Å². The lowest BCUT2D eigenvalue weighted by Crippen LogP contribution is -2.35. The van der Waals surface area contributed by atoms with Crippen molar-refractivity contribution in [1.82, 2.24) is 9.55 Å². The highest BCUT2D eigenvalue weighted by Gasteiger charge is 2.22. The van der Waals surface area contributed by atoms with E-state index in [4.69, 9.17) is 4.74 Å². The molecule has 8 heteroatoms. The van der Waals surface area contributed by atoms with E-state index < -0.39 is 0 Å². The van der Waals surface area contributed by atoms with Gasteiger partial charge in [0.2, 0.25) is 0 Å². The van der Waals surface area contributed by atoms with Crippen molar-refractivity contribution in [2.75, 3.05) is 29.6 Å². The summed E-state index contributed by atoms with van der Waals surface area (Å²) in [5, 5.41) is 9.98. The van der Waals surface area contributed by atoms with Gasteiger partial charge in [0, 0.05) is 35.8 Å². The molecule has 3 N–H and O–H groups in total. The number of para-hydroxylation sites is 1. The van der Waals surface area contributed by atoms with E-state index in [9.17, 15) is 9.59 Å². The van der Waals surface area contributed by atoms with Crippen molar-refractivity contribution in [1.29, 1.82) is 0 Å². The van der Waals surface area contributed by atoms with Gasteiger partial charge < -0.3 is 20.7 Å². The first kappa shape index (κ1) is 20.6. The number of hydrogen-bond donors (Lipinski definition) is 3. The van der Waals surface area contributed by atoms with Gasteiger partial charge >= 0.3 is 11.7 Å². The highest BCUT2D eigenvalue weighted by molar-refractivity contribution is 5.99. The molecule has 0 radical (unpaired) electrons. The zero-order valence-corrected chi connectivity index (χ0v) is 18.0. The molecule has 0 spiro atoms. The van der Waals surface area contributed by atoms with E-state index in [-0.39, 0.29) is 17.6 Å². The summed E-state index contributed by atoms with van der Waals surface area (Å²) in [5.41, 5.74) is 2.87. The predicted molar refractivity (Wildman–Crippen MR) is 129 cm³/mol. The third-order valence-corrected chi connectivity index (χ3v) is 5.78. The van der Waals surface area contributed by atoms with Crippen LogP contribution in [0.15, 0.2) is 77.6 Å². The van der Waals surface area contributed by atoms with Gasteiger partial charge in [-0.25, -0.2) is 9.59 Å². The van der Waals surface area contributed by atoms with Crippen LogP contribution in [-0.4, -0.2) is 29.2 Å². The van der Waals surface area contributed by atoms with Crippen LogP contribution < -0.4 is 26.4 Å². The van der Waals surface area contributed by atoms with Crippen molar-refractivity contribution < 1.29 is 9.53 Å². The van der Waals surface area contributed by atoms with E-state index in [0.29, 0.717) is 30.0 Å². The molecule has 166 valence electrons. The average molecular weight is 441 g/mol. The molecule has 0 bridgehead atoms. The largest absolute Gasteiger partial charge is 0.497 e. The van der Waals surface area contributed by atoms with E-state index >= 15 is 0 Å². The average Bonchev–Trinajstić information content (AvgIpc) is 2.85. The number of hydrogen-bond acceptors (Lipinski definition) is 5. The van der Waals surface area contributed by atoms with Gasteiger partial charge in [0.05, 0.1) is 12.6 Å². The van der Waals surface area contributed by atoms with Crippen LogP contribution >= 0.6 is 0 Å². The molecule has 0 fully saturated rings. The van der Waals surface area contributed by atoms with E-state index in [0.717, 1.165) is 22.5 Å². The van der Waals surface area contributed by atoms with Crippen LogP contribution in [0.3, 0.4) is 0 Å². The number of urea groups is 1. The summed E-state index contributed by atoms with van der Waals surface area (Å²) in [6, 6.07) is 22.1. The minimum absolute atomic E-state index is 0.111. The first-order valence-corrected chi connectivity index (χ1v) is 10.7. The first-order chi connectivity index (χ1) is 16.1. The Balaban J connectivity index is 1.27. The van der Waals surface area contributed by atoms with Gasteiger partial charge in [-0.05, 0) is 54.1 Å². The molecule has 2 amide bonds. The fraction of sp³-hybridized carbons (Fsp3) is 0.160. The number of fused-ring (bicyclic) bond motifs is 3. The summed E-state index contributed by atoms with van der Waals surface area (Å²) >= 11 is 0. The molecular formula is C25H23N5O3. The molecule has 1 unspecified atom stereocenters. The fourth-order valence-electron chi connectivity index (χ4n) is 4.07. The fourth-order valence-corrected chi connectivity index (χ4v) is 4.07. The third-order valence-electron chi connectivity index (χ3n) is 5.78. The maximum atomic E-state index is 12.6. The molecule has 5 rings (SSSR count). The van der Waals surface area contributed by atoms with Crippen molar-refractivity contribution in [2.45, 2.75) is 12.5 Å². The van der Waals surface area contributed by atoms with Gasteiger partial charge in [0.1, 0.15) is 11.6 Å². The highest BCUT2D eigenvalue weighted by Crippen LogP contribution is 2.29. The van der Waals surface area contributed by atoms with Crippen molar-refractivity contribution in [3.8, 4) is 5.75 Å². The van der Waals surface area contributed by atoms with Gasteiger partial charge in [-0.2, -0.15) is 4.98 Å². The molecule has 0 saturated carbocycles. The van der Waals surface area contributed by atoms with Gasteiger partial charge in [-0.1, -0.05) is 24.3 Å². The molecule has 1 atom stereocenters. The number of rotatable bonds is 4. The number of anilines is 3. The lowest BCUT2D eigenvalue weighted by Gasteiger charge is -2.28. The molecule has 0 saturated heterocycles. The second-order valence-electron chi connectivity index (χ2n) is 7.88. The van der Waals surface area contributed by atoms with Gasteiger partial charge in [-0.3, -0.25) is 4.57 Å². The van der Waals surface area contributed by atoms with Crippen molar-refractivity contribution in [2.24, 2.45) is 0 Å². The van der Waals surface area contributed by atoms with Crippen LogP contribution in [0.25, 0.3) is 10.9 Å². The smallest absolute Gasteiger partial charge is 0.349 e. The van der Waals surface area contributed by atoms with Crippen LogP contribution in [0.5, 0.6) is 5.75 Å². The number of methoxy groups -OCH3 is 1. The van der Waals surface area contributed by atoms with E-state index in [1.54, 1.807) is 35.9 Å². The summed E-state index contributed by atoms with van der Waals surface area (Å²) in [5.74, 6) is 1.65. The minimum atomic E-state index is -0.328. The summed E-state index contributed by atoms with van der Waals surface area (Å²) in [6.45, 7) is 1.25. The number of aromatic nitrogens is 2. The number of amides is 2. The number of nitrogens with one attached hydrogen (secondary N) is 3. The van der Waals surface area contributed by atoms with Crippen LogP contribution in [0.2, 0.25) is 0 Å².